The molecule has 1 aliphatic rings. The number of nitrogens with zero attached hydrogens (tertiary/aromatic N) is 1. The van der Waals surface area contributed by atoms with E-state index in [0.29, 0.717) is 19.0 Å². The molecular weight excluding hydrogens is 266 g/mol. The fraction of sp³-hybridized carbons (Fsp3) is 0.625. The number of amides is 1. The number of ether oxygens (including phenoxy) is 1. The Kier molecular flexibility index (Phi) is 5.70. The summed E-state index contributed by atoms with van der Waals surface area (Å²) in [5.41, 5.74) is 6.72. The summed E-state index contributed by atoms with van der Waals surface area (Å²) >= 11 is 0. The fourth-order valence-electron chi connectivity index (χ4n) is 2.73. The summed E-state index contributed by atoms with van der Waals surface area (Å²) in [6.07, 6.45) is 4.93. The number of hydrogen-bond donors (Lipinski definition) is 2. The van der Waals surface area contributed by atoms with E-state index in [-0.39, 0.29) is 24.0 Å². The lowest BCUT2D eigenvalue weighted by molar-refractivity contribution is -0.131. The zero-order chi connectivity index (χ0) is 15.2. The molecule has 0 bridgehead atoms. The van der Waals surface area contributed by atoms with Gasteiger partial charge in [-0.1, -0.05) is 19.9 Å². The molecule has 2 heterocycles. The van der Waals surface area contributed by atoms with Crippen LogP contribution in [0, 0.1) is 5.92 Å². The van der Waals surface area contributed by atoms with Crippen molar-refractivity contribution >= 4 is 5.91 Å². The minimum absolute atomic E-state index is 0.0273. The van der Waals surface area contributed by atoms with Gasteiger partial charge in [0.1, 0.15) is 6.10 Å². The van der Waals surface area contributed by atoms with Gasteiger partial charge >= 0.3 is 0 Å². The molecule has 3 atom stereocenters. The van der Waals surface area contributed by atoms with Gasteiger partial charge in [0.25, 0.3) is 0 Å². The zero-order valence-corrected chi connectivity index (χ0v) is 12.8. The Morgan fingerprint density at radius 2 is 2.33 bits per heavy atom. The minimum atomic E-state index is -0.347. The van der Waals surface area contributed by atoms with Crippen LogP contribution in [0.15, 0.2) is 24.5 Å². The zero-order valence-electron chi connectivity index (χ0n) is 12.8. The molecule has 1 saturated heterocycles. The van der Waals surface area contributed by atoms with E-state index >= 15 is 0 Å². The van der Waals surface area contributed by atoms with Crippen LogP contribution in [0.25, 0.3) is 0 Å². The number of carbonyl (C=O) groups excluding carboxylic acids is 1. The quantitative estimate of drug-likeness (QED) is 0.831. The molecule has 116 valence electrons. The fourth-order valence-corrected chi connectivity index (χ4v) is 2.73. The molecule has 1 fully saturated rings. The van der Waals surface area contributed by atoms with Crippen molar-refractivity contribution < 1.29 is 9.53 Å². The molecule has 2 rings (SSSR count). The maximum Gasteiger partial charge on any atom is 0.249 e. The molecule has 0 spiro atoms. The third kappa shape index (κ3) is 4.25. The van der Waals surface area contributed by atoms with E-state index in [1.54, 1.807) is 6.20 Å². The first kappa shape index (κ1) is 15.9. The van der Waals surface area contributed by atoms with Crippen LogP contribution < -0.4 is 11.1 Å². The van der Waals surface area contributed by atoms with Crippen molar-refractivity contribution in [1.29, 1.82) is 0 Å². The molecule has 1 aromatic heterocycles. The van der Waals surface area contributed by atoms with E-state index in [1.165, 1.54) is 0 Å². The molecule has 0 aliphatic carbocycles. The maximum atomic E-state index is 12.2. The first-order valence-corrected chi connectivity index (χ1v) is 7.65. The summed E-state index contributed by atoms with van der Waals surface area (Å²) in [7, 11) is 0. The van der Waals surface area contributed by atoms with Crippen molar-refractivity contribution in [3.63, 3.8) is 0 Å². The molecule has 1 aliphatic heterocycles. The van der Waals surface area contributed by atoms with Crippen LogP contribution in [0.5, 0.6) is 0 Å². The van der Waals surface area contributed by atoms with Crippen molar-refractivity contribution in [2.45, 2.75) is 44.8 Å². The maximum absolute atomic E-state index is 12.2. The van der Waals surface area contributed by atoms with Gasteiger partial charge in [0.15, 0.2) is 0 Å². The lowest BCUT2D eigenvalue weighted by Gasteiger charge is -2.22. The van der Waals surface area contributed by atoms with E-state index < -0.39 is 0 Å². The van der Waals surface area contributed by atoms with Crippen molar-refractivity contribution in [2.24, 2.45) is 11.7 Å². The Morgan fingerprint density at radius 3 is 2.90 bits per heavy atom. The average molecular weight is 291 g/mol. The standard InChI is InChI=1S/C16H25N3O2/c1-11(2)14(12-4-3-7-18-9-12)10-19-16(20)15-6-5-13(8-17)21-15/h3-4,7,9,11,13-15H,5-6,8,10,17H2,1-2H3,(H,19,20)/t13-,14?,15+/m1/s1. The molecule has 0 radical (unpaired) electrons. The third-order valence-electron chi connectivity index (χ3n) is 4.08. The number of aromatic nitrogens is 1. The van der Waals surface area contributed by atoms with Gasteiger partial charge in [-0.2, -0.15) is 0 Å². The van der Waals surface area contributed by atoms with E-state index in [4.69, 9.17) is 10.5 Å². The van der Waals surface area contributed by atoms with Gasteiger partial charge in [-0.15, -0.1) is 0 Å². The van der Waals surface area contributed by atoms with Gasteiger partial charge in [-0.3, -0.25) is 9.78 Å². The van der Waals surface area contributed by atoms with Gasteiger partial charge in [0.2, 0.25) is 5.91 Å². The molecule has 5 heteroatoms. The lowest BCUT2D eigenvalue weighted by atomic mass is 9.89. The minimum Gasteiger partial charge on any atom is -0.364 e. The highest BCUT2D eigenvalue weighted by molar-refractivity contribution is 5.81. The molecule has 5 nitrogen and oxygen atoms in total. The van der Waals surface area contributed by atoms with Gasteiger partial charge < -0.3 is 15.8 Å². The highest BCUT2D eigenvalue weighted by Crippen LogP contribution is 2.23. The Balaban J connectivity index is 1.89. The summed E-state index contributed by atoms with van der Waals surface area (Å²) in [5.74, 6) is 0.658. The first-order valence-electron chi connectivity index (χ1n) is 7.65. The van der Waals surface area contributed by atoms with E-state index in [9.17, 15) is 4.79 Å². The summed E-state index contributed by atoms with van der Waals surface area (Å²) in [4.78, 5) is 16.3. The topological polar surface area (TPSA) is 77.2 Å². The molecule has 3 N–H and O–H groups in total. The van der Waals surface area contributed by atoms with Gasteiger partial charge in [-0.25, -0.2) is 0 Å². The predicted octanol–water partition coefficient (Wildman–Crippen LogP) is 1.44. The van der Waals surface area contributed by atoms with Crippen LogP contribution in [-0.4, -0.2) is 36.2 Å². The number of rotatable bonds is 6. The van der Waals surface area contributed by atoms with E-state index in [0.717, 1.165) is 18.4 Å². The van der Waals surface area contributed by atoms with Gasteiger partial charge in [0, 0.05) is 31.4 Å². The predicted molar refractivity (Wildman–Crippen MR) is 81.8 cm³/mol. The van der Waals surface area contributed by atoms with Crippen molar-refractivity contribution in [2.75, 3.05) is 13.1 Å². The van der Waals surface area contributed by atoms with Crippen molar-refractivity contribution in [1.82, 2.24) is 10.3 Å². The Hall–Kier alpha value is -1.46. The molecule has 1 amide bonds. The molecular formula is C16H25N3O2. The summed E-state index contributed by atoms with van der Waals surface area (Å²) < 4.78 is 5.62. The summed E-state index contributed by atoms with van der Waals surface area (Å²) in [6.45, 7) is 5.39. The number of nitrogens with two attached hydrogens (primary N) is 1. The average Bonchev–Trinajstić information content (AvgIpc) is 2.97. The van der Waals surface area contributed by atoms with Crippen LogP contribution in [0.1, 0.15) is 38.2 Å². The van der Waals surface area contributed by atoms with Crippen LogP contribution in [0.3, 0.4) is 0 Å². The highest BCUT2D eigenvalue weighted by atomic mass is 16.5. The number of carbonyl (C=O) groups is 1. The lowest BCUT2D eigenvalue weighted by Crippen LogP contribution is -2.38. The molecule has 21 heavy (non-hydrogen) atoms. The van der Waals surface area contributed by atoms with Crippen LogP contribution in [0.2, 0.25) is 0 Å². The Morgan fingerprint density at radius 1 is 1.52 bits per heavy atom. The molecule has 1 aromatic rings. The van der Waals surface area contributed by atoms with Crippen molar-refractivity contribution in [3.05, 3.63) is 30.1 Å². The van der Waals surface area contributed by atoms with Crippen LogP contribution >= 0.6 is 0 Å². The molecule has 0 saturated carbocycles. The van der Waals surface area contributed by atoms with Gasteiger partial charge in [-0.05, 0) is 30.4 Å². The monoisotopic (exact) mass is 291 g/mol. The Bertz CT molecular complexity index is 450. The molecule has 1 unspecified atom stereocenters. The van der Waals surface area contributed by atoms with Crippen LogP contribution in [-0.2, 0) is 9.53 Å². The largest absolute Gasteiger partial charge is 0.364 e. The second-order valence-corrected chi connectivity index (χ2v) is 5.94. The smallest absolute Gasteiger partial charge is 0.249 e. The first-order chi connectivity index (χ1) is 10.1. The van der Waals surface area contributed by atoms with Crippen molar-refractivity contribution in [3.8, 4) is 0 Å². The second-order valence-electron chi connectivity index (χ2n) is 5.94. The second kappa shape index (κ2) is 7.52. The summed E-state index contributed by atoms with van der Waals surface area (Å²) in [5, 5.41) is 3.02. The number of nitrogens with one attached hydrogen (secondary N) is 1. The van der Waals surface area contributed by atoms with E-state index in [1.807, 2.05) is 12.3 Å². The van der Waals surface area contributed by atoms with Gasteiger partial charge in [0.05, 0.1) is 6.10 Å². The van der Waals surface area contributed by atoms with Crippen LogP contribution in [0.4, 0.5) is 0 Å². The Labute approximate surface area is 126 Å². The number of pyridine rings is 1. The van der Waals surface area contributed by atoms with E-state index in [2.05, 4.69) is 30.2 Å². The number of hydrogen-bond acceptors (Lipinski definition) is 4. The SMILES string of the molecule is CC(C)C(CNC(=O)[C@@H]1CC[C@H](CN)O1)c1cccnc1. The normalized spacial score (nSPS) is 23.2. The third-order valence-corrected chi connectivity index (χ3v) is 4.08. The summed E-state index contributed by atoms with van der Waals surface area (Å²) in [6, 6.07) is 3.98. The highest BCUT2D eigenvalue weighted by Gasteiger charge is 2.30. The molecule has 0 aromatic carbocycles.